The molecule has 0 fully saturated rings. The Hall–Kier alpha value is -2.31. The van der Waals surface area contributed by atoms with Crippen molar-refractivity contribution in [3.05, 3.63) is 47.1 Å². The largest absolute Gasteiger partial charge is 0.497 e. The molecule has 0 saturated carbocycles. The number of nitrogens with one attached hydrogen (secondary N) is 1. The first-order valence-electron chi connectivity index (χ1n) is 7.35. The van der Waals surface area contributed by atoms with Crippen LogP contribution in [0.25, 0.3) is 0 Å². The molecule has 6 nitrogen and oxygen atoms in total. The lowest BCUT2D eigenvalue weighted by atomic mass is 10.0. The van der Waals surface area contributed by atoms with Gasteiger partial charge in [0.25, 0.3) is 0 Å². The smallest absolute Gasteiger partial charge is 0.225 e. The highest BCUT2D eigenvalue weighted by Gasteiger charge is 2.16. The fraction of sp³-hybridized carbons (Fsp3) is 0.294. The van der Waals surface area contributed by atoms with E-state index in [-0.39, 0.29) is 18.7 Å². The third-order valence-electron chi connectivity index (χ3n) is 3.43. The van der Waals surface area contributed by atoms with Crippen molar-refractivity contribution >= 4 is 23.3 Å². The van der Waals surface area contributed by atoms with Crippen LogP contribution in [0.2, 0.25) is 5.02 Å². The summed E-state index contributed by atoms with van der Waals surface area (Å²) in [5.74, 6) is 1.27. The van der Waals surface area contributed by atoms with E-state index in [1.807, 2.05) is 0 Å². The topological polar surface area (TPSA) is 80.7 Å². The van der Waals surface area contributed by atoms with Gasteiger partial charge in [0.15, 0.2) is 0 Å². The minimum atomic E-state index is -0.830. The molecule has 0 aliphatic carbocycles. The number of amides is 1. The second-order valence-electron chi connectivity index (χ2n) is 5.07. The number of aromatic nitrogens is 1. The van der Waals surface area contributed by atoms with E-state index in [2.05, 4.69) is 10.3 Å². The molecule has 7 heteroatoms. The summed E-state index contributed by atoms with van der Waals surface area (Å²) in [6, 6.07) is 8.32. The van der Waals surface area contributed by atoms with Crippen LogP contribution in [0.3, 0.4) is 0 Å². The summed E-state index contributed by atoms with van der Waals surface area (Å²) in [6.07, 6.45) is 1.05. The molecular weight excluding hydrogens is 332 g/mol. The van der Waals surface area contributed by atoms with Gasteiger partial charge in [0, 0.05) is 29.3 Å². The Bertz CT molecular complexity index is 709. The van der Waals surface area contributed by atoms with Gasteiger partial charge in [-0.15, -0.1) is 0 Å². The zero-order chi connectivity index (χ0) is 17.5. The van der Waals surface area contributed by atoms with Crippen LogP contribution >= 0.6 is 11.6 Å². The van der Waals surface area contributed by atoms with Crippen LogP contribution in [0, 0.1) is 0 Å². The van der Waals surface area contributed by atoms with Gasteiger partial charge in [-0.3, -0.25) is 4.79 Å². The lowest BCUT2D eigenvalue weighted by Crippen LogP contribution is -2.14. The number of benzene rings is 1. The lowest BCUT2D eigenvalue weighted by Gasteiger charge is -2.15. The number of aliphatic hydroxyl groups excluding tert-OH is 1. The number of ether oxygens (including phenoxy) is 2. The molecule has 1 aromatic heterocycles. The molecule has 1 unspecified atom stereocenters. The van der Waals surface area contributed by atoms with E-state index in [4.69, 9.17) is 21.1 Å². The Labute approximate surface area is 145 Å². The molecule has 0 bridgehead atoms. The Balaban J connectivity index is 1.95. The number of rotatable bonds is 7. The minimum Gasteiger partial charge on any atom is -0.497 e. The Morgan fingerprint density at radius 2 is 2.08 bits per heavy atom. The minimum absolute atomic E-state index is 0.130. The van der Waals surface area contributed by atoms with Crippen LogP contribution in [0.15, 0.2) is 36.5 Å². The molecule has 1 heterocycles. The monoisotopic (exact) mass is 350 g/mol. The highest BCUT2D eigenvalue weighted by atomic mass is 35.5. The van der Waals surface area contributed by atoms with Gasteiger partial charge in [-0.1, -0.05) is 11.6 Å². The molecule has 1 amide bonds. The summed E-state index contributed by atoms with van der Waals surface area (Å²) in [7, 11) is 3.07. The zero-order valence-electron chi connectivity index (χ0n) is 13.5. The molecule has 0 spiro atoms. The maximum atomic E-state index is 12.0. The van der Waals surface area contributed by atoms with E-state index < -0.39 is 6.10 Å². The predicted octanol–water partition coefficient (Wildman–Crippen LogP) is 3.20. The molecule has 2 rings (SSSR count). The molecule has 128 valence electrons. The maximum Gasteiger partial charge on any atom is 0.225 e. The summed E-state index contributed by atoms with van der Waals surface area (Å²) >= 11 is 5.84. The fourth-order valence-electron chi connectivity index (χ4n) is 2.20. The molecule has 1 atom stereocenters. The average molecular weight is 351 g/mol. The number of halogens is 1. The van der Waals surface area contributed by atoms with Crippen LogP contribution in [0.1, 0.15) is 24.5 Å². The quantitative estimate of drug-likeness (QED) is 0.801. The second kappa shape index (κ2) is 8.52. The summed E-state index contributed by atoms with van der Waals surface area (Å²) in [5.41, 5.74) is 0.604. The van der Waals surface area contributed by atoms with Crippen LogP contribution in [-0.2, 0) is 4.79 Å². The third-order valence-corrected chi connectivity index (χ3v) is 3.67. The van der Waals surface area contributed by atoms with Crippen molar-refractivity contribution < 1.29 is 19.4 Å². The van der Waals surface area contributed by atoms with E-state index in [1.54, 1.807) is 37.4 Å². The standard InChI is InChI=1S/C17H19ClN2O4/c1-23-12-3-4-13(15(10-12)24-2)14(21)5-6-17(22)20-16-9-11(18)7-8-19-16/h3-4,7-10,14,21H,5-6H2,1-2H3,(H,19,20,22). The van der Waals surface area contributed by atoms with Crippen molar-refractivity contribution in [1.82, 2.24) is 4.98 Å². The number of pyridine rings is 1. The summed E-state index contributed by atoms with van der Waals surface area (Å²) in [4.78, 5) is 16.0. The van der Waals surface area contributed by atoms with Gasteiger partial charge in [-0.05, 0) is 30.7 Å². The summed E-state index contributed by atoms with van der Waals surface area (Å²) in [5, 5.41) is 13.4. The van der Waals surface area contributed by atoms with Crippen LogP contribution in [-0.4, -0.2) is 30.2 Å². The second-order valence-corrected chi connectivity index (χ2v) is 5.51. The first-order valence-corrected chi connectivity index (χ1v) is 7.72. The van der Waals surface area contributed by atoms with Gasteiger partial charge >= 0.3 is 0 Å². The number of hydrogen-bond acceptors (Lipinski definition) is 5. The SMILES string of the molecule is COc1ccc(C(O)CCC(=O)Nc2cc(Cl)ccn2)c(OC)c1. The van der Waals surface area contributed by atoms with Gasteiger partial charge in [-0.2, -0.15) is 0 Å². The molecule has 0 radical (unpaired) electrons. The number of carbonyl (C=O) groups excluding carboxylic acids is 1. The molecule has 2 N–H and O–H groups in total. The van der Waals surface area contributed by atoms with Gasteiger partial charge in [0.1, 0.15) is 17.3 Å². The maximum absolute atomic E-state index is 12.0. The normalized spacial score (nSPS) is 11.7. The van der Waals surface area contributed by atoms with Gasteiger partial charge < -0.3 is 19.9 Å². The Morgan fingerprint density at radius 3 is 2.75 bits per heavy atom. The highest BCUT2D eigenvalue weighted by molar-refractivity contribution is 6.30. The highest BCUT2D eigenvalue weighted by Crippen LogP contribution is 2.31. The Morgan fingerprint density at radius 1 is 1.29 bits per heavy atom. The van der Waals surface area contributed by atoms with Gasteiger partial charge in [0.2, 0.25) is 5.91 Å². The van der Waals surface area contributed by atoms with E-state index in [9.17, 15) is 9.90 Å². The van der Waals surface area contributed by atoms with Gasteiger partial charge in [-0.25, -0.2) is 4.98 Å². The molecule has 0 saturated heterocycles. The van der Waals surface area contributed by atoms with Crippen molar-refractivity contribution in [2.75, 3.05) is 19.5 Å². The van der Waals surface area contributed by atoms with Crippen molar-refractivity contribution in [2.45, 2.75) is 18.9 Å². The van der Waals surface area contributed by atoms with Crippen LogP contribution in [0.5, 0.6) is 11.5 Å². The molecule has 0 aliphatic rings. The first kappa shape index (κ1) is 18.0. The van der Waals surface area contributed by atoms with Crippen molar-refractivity contribution in [3.63, 3.8) is 0 Å². The van der Waals surface area contributed by atoms with Crippen molar-refractivity contribution in [2.24, 2.45) is 0 Å². The number of methoxy groups -OCH3 is 2. The molecule has 0 aliphatic heterocycles. The van der Waals surface area contributed by atoms with Crippen molar-refractivity contribution in [1.29, 1.82) is 0 Å². The molecule has 24 heavy (non-hydrogen) atoms. The predicted molar refractivity (Wildman–Crippen MR) is 91.6 cm³/mol. The molecule has 2 aromatic rings. The average Bonchev–Trinajstić information content (AvgIpc) is 2.59. The van der Waals surface area contributed by atoms with Crippen LogP contribution in [0.4, 0.5) is 5.82 Å². The third kappa shape index (κ3) is 4.84. The first-order chi connectivity index (χ1) is 11.5. The summed E-state index contributed by atoms with van der Waals surface area (Å²) < 4.78 is 10.4. The van der Waals surface area contributed by atoms with Crippen LogP contribution < -0.4 is 14.8 Å². The van der Waals surface area contributed by atoms with E-state index in [0.717, 1.165) is 0 Å². The fourth-order valence-corrected chi connectivity index (χ4v) is 2.36. The molecular formula is C17H19ClN2O4. The Kier molecular flexibility index (Phi) is 6.40. The van der Waals surface area contributed by atoms with Gasteiger partial charge in [0.05, 0.1) is 20.3 Å². The van der Waals surface area contributed by atoms with E-state index in [1.165, 1.54) is 13.3 Å². The number of nitrogens with zero attached hydrogens (tertiary/aromatic N) is 1. The number of carbonyl (C=O) groups is 1. The number of aliphatic hydroxyl groups is 1. The zero-order valence-corrected chi connectivity index (χ0v) is 14.2. The van der Waals surface area contributed by atoms with E-state index >= 15 is 0 Å². The lowest BCUT2D eigenvalue weighted by molar-refractivity contribution is -0.116. The van der Waals surface area contributed by atoms with Crippen molar-refractivity contribution in [3.8, 4) is 11.5 Å². The summed E-state index contributed by atoms with van der Waals surface area (Å²) in [6.45, 7) is 0. The number of anilines is 1. The van der Waals surface area contributed by atoms with E-state index in [0.29, 0.717) is 27.9 Å². The number of hydrogen-bond donors (Lipinski definition) is 2. The molecule has 1 aromatic carbocycles.